The highest BCUT2D eigenvalue weighted by molar-refractivity contribution is 5.34. The van der Waals surface area contributed by atoms with Crippen LogP contribution in [-0.2, 0) is 0 Å². The molecule has 8 heteroatoms. The molecule has 1 unspecified atom stereocenters. The molecular formula is C9H8F3N5. The van der Waals surface area contributed by atoms with Crippen LogP contribution in [0.25, 0.3) is 5.69 Å². The van der Waals surface area contributed by atoms with Crippen LogP contribution in [0.2, 0.25) is 0 Å². The lowest BCUT2D eigenvalue weighted by Crippen LogP contribution is -2.14. The molecule has 1 atom stereocenters. The lowest BCUT2D eigenvalue weighted by atomic mass is 10.2. The number of rotatable bonds is 2. The first-order valence-corrected chi connectivity index (χ1v) is 4.69. The third-order valence-corrected chi connectivity index (χ3v) is 2.12. The van der Waals surface area contributed by atoms with E-state index in [1.807, 2.05) is 0 Å². The summed E-state index contributed by atoms with van der Waals surface area (Å²) in [5.41, 5.74) is 5.27. The molecule has 2 rings (SSSR count). The van der Waals surface area contributed by atoms with E-state index >= 15 is 0 Å². The normalized spacial score (nSPS) is 12.8. The van der Waals surface area contributed by atoms with E-state index in [0.29, 0.717) is 12.1 Å². The second-order valence-electron chi connectivity index (χ2n) is 3.46. The number of hydrogen-bond acceptors (Lipinski definition) is 4. The zero-order valence-corrected chi connectivity index (χ0v) is 8.73. The minimum atomic E-state index is -1.28. The first-order chi connectivity index (χ1) is 8.00. The van der Waals surface area contributed by atoms with E-state index in [-0.39, 0.29) is 11.5 Å². The molecule has 17 heavy (non-hydrogen) atoms. The highest BCUT2D eigenvalue weighted by Crippen LogP contribution is 2.19. The number of nitrogens with zero attached hydrogens (tertiary/aromatic N) is 4. The van der Waals surface area contributed by atoms with Crippen molar-refractivity contribution < 1.29 is 13.2 Å². The van der Waals surface area contributed by atoms with Crippen molar-refractivity contribution in [2.45, 2.75) is 13.0 Å². The number of hydrogen-bond donors (Lipinski definition) is 1. The second-order valence-corrected chi connectivity index (χ2v) is 3.46. The van der Waals surface area contributed by atoms with Crippen molar-refractivity contribution in [3.8, 4) is 5.69 Å². The Bertz CT molecular complexity index is 552. The monoisotopic (exact) mass is 243 g/mol. The average Bonchev–Trinajstić information content (AvgIpc) is 2.72. The van der Waals surface area contributed by atoms with Gasteiger partial charge in [-0.1, -0.05) is 0 Å². The largest absolute Gasteiger partial charge is 0.321 e. The summed E-state index contributed by atoms with van der Waals surface area (Å²) in [7, 11) is 0. The molecule has 0 radical (unpaired) electrons. The number of benzene rings is 1. The molecule has 0 aliphatic heterocycles. The Morgan fingerprint density at radius 1 is 1.18 bits per heavy atom. The zero-order valence-electron chi connectivity index (χ0n) is 8.73. The molecule has 0 bridgehead atoms. The van der Waals surface area contributed by atoms with Crippen molar-refractivity contribution in [2.24, 2.45) is 5.73 Å². The fourth-order valence-corrected chi connectivity index (χ4v) is 1.32. The first-order valence-electron chi connectivity index (χ1n) is 4.69. The fourth-order valence-electron chi connectivity index (χ4n) is 1.32. The minimum absolute atomic E-state index is 0.148. The zero-order chi connectivity index (χ0) is 12.6. The van der Waals surface area contributed by atoms with E-state index < -0.39 is 23.5 Å². The lowest BCUT2D eigenvalue weighted by Gasteiger charge is -2.08. The summed E-state index contributed by atoms with van der Waals surface area (Å²) >= 11 is 0. The van der Waals surface area contributed by atoms with Gasteiger partial charge in [0.1, 0.15) is 5.69 Å². The Kier molecular flexibility index (Phi) is 2.80. The van der Waals surface area contributed by atoms with Gasteiger partial charge in [0, 0.05) is 12.1 Å². The average molecular weight is 243 g/mol. The Labute approximate surface area is 94.0 Å². The van der Waals surface area contributed by atoms with Crippen molar-refractivity contribution >= 4 is 0 Å². The molecule has 2 aromatic rings. The van der Waals surface area contributed by atoms with Gasteiger partial charge in [0.15, 0.2) is 23.3 Å². The maximum Gasteiger partial charge on any atom is 0.173 e. The van der Waals surface area contributed by atoms with Gasteiger partial charge < -0.3 is 5.73 Å². The van der Waals surface area contributed by atoms with Gasteiger partial charge in [-0.2, -0.15) is 4.68 Å². The molecule has 1 aromatic carbocycles. The summed E-state index contributed by atoms with van der Waals surface area (Å²) in [6, 6.07) is 0.530. The Hall–Kier alpha value is -1.96. The van der Waals surface area contributed by atoms with Gasteiger partial charge in [0.05, 0.1) is 6.04 Å². The SMILES string of the molecule is CC(N)c1nnnn1-c1cc(F)c(F)cc1F. The predicted octanol–water partition coefficient (Wildman–Crippen LogP) is 1.10. The quantitative estimate of drug-likeness (QED) is 0.802. The Balaban J connectivity index is 2.60. The van der Waals surface area contributed by atoms with Crippen molar-refractivity contribution in [3.05, 3.63) is 35.4 Å². The summed E-state index contributed by atoms with van der Waals surface area (Å²) in [5, 5.41) is 10.4. The van der Waals surface area contributed by atoms with E-state index in [1.54, 1.807) is 6.92 Å². The predicted molar refractivity (Wildman–Crippen MR) is 51.6 cm³/mol. The van der Waals surface area contributed by atoms with Crippen molar-refractivity contribution in [2.75, 3.05) is 0 Å². The molecule has 1 heterocycles. The van der Waals surface area contributed by atoms with Gasteiger partial charge in [-0.15, -0.1) is 5.10 Å². The molecule has 1 aromatic heterocycles. The van der Waals surface area contributed by atoms with Gasteiger partial charge >= 0.3 is 0 Å². The third-order valence-electron chi connectivity index (χ3n) is 2.12. The van der Waals surface area contributed by atoms with Crippen LogP contribution in [-0.4, -0.2) is 20.2 Å². The highest BCUT2D eigenvalue weighted by Gasteiger charge is 2.17. The van der Waals surface area contributed by atoms with Crippen LogP contribution in [0, 0.1) is 17.5 Å². The molecule has 90 valence electrons. The van der Waals surface area contributed by atoms with E-state index in [1.165, 1.54) is 0 Å². The summed E-state index contributed by atoms with van der Waals surface area (Å²) < 4.78 is 40.2. The van der Waals surface area contributed by atoms with Crippen LogP contribution >= 0.6 is 0 Å². The summed E-state index contributed by atoms with van der Waals surface area (Å²) in [4.78, 5) is 0. The maximum atomic E-state index is 13.5. The van der Waals surface area contributed by atoms with Gasteiger partial charge in [-0.05, 0) is 17.4 Å². The molecule has 0 saturated carbocycles. The van der Waals surface area contributed by atoms with Gasteiger partial charge in [0.25, 0.3) is 0 Å². The number of nitrogens with two attached hydrogens (primary N) is 1. The molecule has 0 aliphatic rings. The standard InChI is InChI=1S/C9H8F3N5/c1-4(13)9-14-15-16-17(9)8-3-6(11)5(10)2-7(8)12/h2-4H,13H2,1H3. The van der Waals surface area contributed by atoms with Crippen LogP contribution in [0.1, 0.15) is 18.8 Å². The maximum absolute atomic E-state index is 13.5. The fraction of sp³-hybridized carbons (Fsp3) is 0.222. The molecular weight excluding hydrogens is 235 g/mol. The van der Waals surface area contributed by atoms with Crippen molar-refractivity contribution in [3.63, 3.8) is 0 Å². The topological polar surface area (TPSA) is 69.6 Å². The van der Waals surface area contributed by atoms with E-state index in [0.717, 1.165) is 4.68 Å². The van der Waals surface area contributed by atoms with Crippen LogP contribution < -0.4 is 5.73 Å². The Morgan fingerprint density at radius 3 is 2.47 bits per heavy atom. The van der Waals surface area contributed by atoms with Gasteiger partial charge in [0.2, 0.25) is 0 Å². The van der Waals surface area contributed by atoms with Gasteiger partial charge in [-0.3, -0.25) is 0 Å². The molecule has 0 fully saturated rings. The lowest BCUT2D eigenvalue weighted by molar-refractivity contribution is 0.489. The first kappa shape index (κ1) is 11.5. The summed E-state index contributed by atoms with van der Waals surface area (Å²) in [6.07, 6.45) is 0. The van der Waals surface area contributed by atoms with Crippen molar-refractivity contribution in [1.29, 1.82) is 0 Å². The highest BCUT2D eigenvalue weighted by atomic mass is 19.2. The number of aromatic nitrogens is 4. The molecule has 0 spiro atoms. The van der Waals surface area contributed by atoms with Crippen LogP contribution in [0.15, 0.2) is 12.1 Å². The molecule has 5 nitrogen and oxygen atoms in total. The van der Waals surface area contributed by atoms with E-state index in [4.69, 9.17) is 5.73 Å². The van der Waals surface area contributed by atoms with Gasteiger partial charge in [-0.25, -0.2) is 13.2 Å². The molecule has 0 aliphatic carbocycles. The van der Waals surface area contributed by atoms with Crippen LogP contribution in [0.3, 0.4) is 0 Å². The number of tetrazole rings is 1. The second kappa shape index (κ2) is 4.13. The molecule has 0 saturated heterocycles. The van der Waals surface area contributed by atoms with Crippen LogP contribution in [0.4, 0.5) is 13.2 Å². The smallest absolute Gasteiger partial charge is 0.173 e. The minimum Gasteiger partial charge on any atom is -0.321 e. The van der Waals surface area contributed by atoms with E-state index in [2.05, 4.69) is 15.5 Å². The summed E-state index contributed by atoms with van der Waals surface area (Å²) in [6.45, 7) is 1.58. The Morgan fingerprint density at radius 2 is 1.82 bits per heavy atom. The van der Waals surface area contributed by atoms with Crippen LogP contribution in [0.5, 0.6) is 0 Å². The third kappa shape index (κ3) is 1.98. The van der Waals surface area contributed by atoms with Crippen molar-refractivity contribution in [1.82, 2.24) is 20.2 Å². The molecule has 0 amide bonds. The molecule has 2 N–H and O–H groups in total. The summed E-state index contributed by atoms with van der Waals surface area (Å²) in [5.74, 6) is -3.29. The number of halogens is 3. The van der Waals surface area contributed by atoms with E-state index in [9.17, 15) is 13.2 Å².